The van der Waals surface area contributed by atoms with Gasteiger partial charge in [-0.2, -0.15) is 0 Å². The summed E-state index contributed by atoms with van der Waals surface area (Å²) >= 11 is 6.25. The molecule has 1 saturated heterocycles. The average molecular weight is 359 g/mol. The molecule has 3 aliphatic rings. The molecule has 0 aromatic heterocycles. The van der Waals surface area contributed by atoms with Crippen LogP contribution in [0.25, 0.3) is 0 Å². The summed E-state index contributed by atoms with van der Waals surface area (Å²) in [7, 11) is 0. The second-order valence-corrected chi connectivity index (χ2v) is 6.74. The van der Waals surface area contributed by atoms with Gasteiger partial charge in [0.05, 0.1) is 10.7 Å². The molecule has 1 aromatic carbocycles. The number of rotatable bonds is 2. The highest BCUT2D eigenvalue weighted by Gasteiger charge is 2.57. The number of benzene rings is 1. The first kappa shape index (κ1) is 16.7. The van der Waals surface area contributed by atoms with E-state index < -0.39 is 0 Å². The summed E-state index contributed by atoms with van der Waals surface area (Å²) in [5.41, 5.74) is 0.821. The average Bonchev–Trinajstić information content (AvgIpc) is 3.22. The highest BCUT2D eigenvalue weighted by atomic mass is 35.5. The molecule has 2 N–H and O–H groups in total. The maximum Gasteiger partial charge on any atom is 0.228 e. The zero-order valence-electron chi connectivity index (χ0n) is 12.7. The smallest absolute Gasteiger partial charge is 0.228 e. The molecule has 1 amide bonds. The molecule has 0 bridgehead atoms. The lowest BCUT2D eigenvalue weighted by atomic mass is 9.92. The highest BCUT2D eigenvalue weighted by Crippen LogP contribution is 2.59. The van der Waals surface area contributed by atoms with E-state index in [0.717, 1.165) is 32.4 Å². The SMILES string of the molecule is Cl.O=C(Nc1cc2c(cc1Cl)OCCO2)C1CC12CCNCC2. The minimum atomic E-state index is 0. The number of hydrogen-bond donors (Lipinski definition) is 2. The highest BCUT2D eigenvalue weighted by molar-refractivity contribution is 6.34. The molecular formula is C16H20Cl2N2O3. The third-order valence-corrected chi connectivity index (χ3v) is 5.31. The summed E-state index contributed by atoms with van der Waals surface area (Å²) in [5, 5.41) is 6.80. The number of ether oxygens (including phenoxy) is 2. The Bertz CT molecular complexity index is 618. The Morgan fingerprint density at radius 3 is 2.57 bits per heavy atom. The summed E-state index contributed by atoms with van der Waals surface area (Å²) < 4.78 is 11.0. The minimum absolute atomic E-state index is 0. The van der Waals surface area contributed by atoms with Gasteiger partial charge >= 0.3 is 0 Å². The molecule has 1 unspecified atom stereocenters. The molecule has 5 nitrogen and oxygen atoms in total. The van der Waals surface area contributed by atoms with Crippen molar-refractivity contribution in [2.45, 2.75) is 19.3 Å². The van der Waals surface area contributed by atoms with E-state index in [-0.39, 0.29) is 29.6 Å². The minimum Gasteiger partial charge on any atom is -0.486 e. The molecule has 4 rings (SSSR count). The van der Waals surface area contributed by atoms with Crippen molar-refractivity contribution < 1.29 is 14.3 Å². The number of halogens is 2. The van der Waals surface area contributed by atoms with Crippen molar-refractivity contribution in [2.24, 2.45) is 11.3 Å². The van der Waals surface area contributed by atoms with Crippen LogP contribution in [0.2, 0.25) is 5.02 Å². The quantitative estimate of drug-likeness (QED) is 0.853. The Morgan fingerprint density at radius 2 is 1.87 bits per heavy atom. The topological polar surface area (TPSA) is 59.6 Å². The van der Waals surface area contributed by atoms with E-state index in [0.29, 0.717) is 35.4 Å². The van der Waals surface area contributed by atoms with Gasteiger partial charge in [-0.15, -0.1) is 12.4 Å². The maximum atomic E-state index is 12.5. The molecule has 1 aromatic rings. The molecule has 1 spiro atoms. The monoisotopic (exact) mass is 358 g/mol. The lowest BCUT2D eigenvalue weighted by Crippen LogP contribution is -2.31. The first-order valence-corrected chi connectivity index (χ1v) is 8.16. The van der Waals surface area contributed by atoms with Crippen LogP contribution >= 0.6 is 24.0 Å². The number of carbonyl (C=O) groups excluding carboxylic acids is 1. The van der Waals surface area contributed by atoms with E-state index in [1.54, 1.807) is 12.1 Å². The zero-order chi connectivity index (χ0) is 15.2. The number of nitrogens with one attached hydrogen (secondary N) is 2. The Balaban J connectivity index is 0.00000156. The molecule has 1 saturated carbocycles. The molecular weight excluding hydrogens is 339 g/mol. The third kappa shape index (κ3) is 3.10. The molecule has 1 atom stereocenters. The second kappa shape index (κ2) is 6.38. The van der Waals surface area contributed by atoms with Crippen molar-refractivity contribution in [1.29, 1.82) is 0 Å². The lowest BCUT2D eigenvalue weighted by molar-refractivity contribution is -0.118. The van der Waals surface area contributed by atoms with Gasteiger partial charge in [-0.1, -0.05) is 11.6 Å². The molecule has 2 fully saturated rings. The number of carbonyl (C=O) groups is 1. The molecule has 0 radical (unpaired) electrons. The Kier molecular flexibility index (Phi) is 4.63. The van der Waals surface area contributed by atoms with Crippen molar-refractivity contribution >= 4 is 35.6 Å². The number of piperidine rings is 1. The van der Waals surface area contributed by atoms with Gasteiger partial charge in [0.25, 0.3) is 0 Å². The molecule has 2 heterocycles. The summed E-state index contributed by atoms with van der Waals surface area (Å²) in [6, 6.07) is 3.46. The Hall–Kier alpha value is -1.17. The van der Waals surface area contributed by atoms with E-state index in [9.17, 15) is 4.79 Å². The van der Waals surface area contributed by atoms with Crippen molar-refractivity contribution in [3.63, 3.8) is 0 Å². The fraction of sp³-hybridized carbons (Fsp3) is 0.562. The van der Waals surface area contributed by atoms with Crippen molar-refractivity contribution in [2.75, 3.05) is 31.6 Å². The van der Waals surface area contributed by atoms with Crippen LogP contribution in [0.15, 0.2) is 12.1 Å². The van der Waals surface area contributed by atoms with Crippen LogP contribution in [-0.4, -0.2) is 32.2 Å². The van der Waals surface area contributed by atoms with Gasteiger partial charge in [0.2, 0.25) is 5.91 Å². The first-order valence-electron chi connectivity index (χ1n) is 7.79. The largest absolute Gasteiger partial charge is 0.486 e. The van der Waals surface area contributed by atoms with Gasteiger partial charge in [0, 0.05) is 18.1 Å². The summed E-state index contributed by atoms with van der Waals surface area (Å²) in [6.45, 7) is 3.05. The van der Waals surface area contributed by atoms with Crippen LogP contribution in [0.5, 0.6) is 11.5 Å². The van der Waals surface area contributed by atoms with Gasteiger partial charge in [0.15, 0.2) is 11.5 Å². The van der Waals surface area contributed by atoms with Crippen molar-refractivity contribution in [3.05, 3.63) is 17.2 Å². The molecule has 1 aliphatic carbocycles. The summed E-state index contributed by atoms with van der Waals surface area (Å²) in [5.74, 6) is 1.45. The first-order chi connectivity index (χ1) is 10.7. The van der Waals surface area contributed by atoms with Crippen LogP contribution in [0, 0.1) is 11.3 Å². The standard InChI is InChI=1S/C16H19ClN2O3.ClH/c17-11-7-13-14(22-6-5-21-13)8-12(11)19-15(20)10-9-16(10)1-3-18-4-2-16;/h7-8,10,18H,1-6,9H2,(H,19,20);1H. The van der Waals surface area contributed by atoms with Gasteiger partial charge in [-0.25, -0.2) is 0 Å². The third-order valence-electron chi connectivity index (χ3n) is 5.00. The van der Waals surface area contributed by atoms with Crippen molar-refractivity contribution in [3.8, 4) is 11.5 Å². The Labute approximate surface area is 146 Å². The summed E-state index contributed by atoms with van der Waals surface area (Å²) in [4.78, 5) is 12.5. The van der Waals surface area contributed by atoms with Crippen LogP contribution in [-0.2, 0) is 4.79 Å². The molecule has 126 valence electrons. The molecule has 7 heteroatoms. The second-order valence-electron chi connectivity index (χ2n) is 6.33. The van der Waals surface area contributed by atoms with E-state index >= 15 is 0 Å². The lowest BCUT2D eigenvalue weighted by Gasteiger charge is -2.23. The van der Waals surface area contributed by atoms with Crippen molar-refractivity contribution in [1.82, 2.24) is 5.32 Å². The fourth-order valence-electron chi connectivity index (χ4n) is 3.58. The van der Waals surface area contributed by atoms with Crippen LogP contribution in [0.1, 0.15) is 19.3 Å². The van der Waals surface area contributed by atoms with Crippen LogP contribution in [0.4, 0.5) is 5.69 Å². The van der Waals surface area contributed by atoms with E-state index in [4.69, 9.17) is 21.1 Å². The van der Waals surface area contributed by atoms with Crippen LogP contribution in [0.3, 0.4) is 0 Å². The fourth-order valence-corrected chi connectivity index (χ4v) is 3.78. The normalized spacial score (nSPS) is 23.8. The molecule has 2 aliphatic heterocycles. The summed E-state index contributed by atoms with van der Waals surface area (Å²) in [6.07, 6.45) is 3.16. The number of fused-ring (bicyclic) bond motifs is 1. The van der Waals surface area contributed by atoms with Gasteiger partial charge in [0.1, 0.15) is 13.2 Å². The molecule has 23 heavy (non-hydrogen) atoms. The van der Waals surface area contributed by atoms with Gasteiger partial charge < -0.3 is 20.1 Å². The number of amides is 1. The number of anilines is 1. The van der Waals surface area contributed by atoms with Gasteiger partial charge in [-0.05, 0) is 37.8 Å². The predicted molar refractivity (Wildman–Crippen MR) is 91.0 cm³/mol. The zero-order valence-corrected chi connectivity index (χ0v) is 14.3. The predicted octanol–water partition coefficient (Wildman–Crippen LogP) is 2.86. The maximum absolute atomic E-state index is 12.5. The van der Waals surface area contributed by atoms with E-state index in [1.165, 1.54) is 0 Å². The van der Waals surface area contributed by atoms with Crippen LogP contribution < -0.4 is 20.1 Å². The Morgan fingerprint density at radius 1 is 1.22 bits per heavy atom. The van der Waals surface area contributed by atoms with Gasteiger partial charge in [-0.3, -0.25) is 4.79 Å². The van der Waals surface area contributed by atoms with E-state index in [2.05, 4.69) is 10.6 Å². The number of hydrogen-bond acceptors (Lipinski definition) is 4. The van der Waals surface area contributed by atoms with E-state index in [1.807, 2.05) is 0 Å².